The Hall–Kier alpha value is -5.61. The number of amidine groups is 1. The van der Waals surface area contributed by atoms with Gasteiger partial charge in [-0.2, -0.15) is 0 Å². The first-order valence-corrected chi connectivity index (χ1v) is 14.4. The van der Waals surface area contributed by atoms with Gasteiger partial charge in [-0.15, -0.1) is 0 Å². The number of hydrogen-bond donors (Lipinski definition) is 1. The zero-order valence-electron chi connectivity index (χ0n) is 22.8. The van der Waals surface area contributed by atoms with Crippen molar-refractivity contribution < 1.29 is 0 Å². The lowest BCUT2D eigenvalue weighted by molar-refractivity contribution is 0.615. The van der Waals surface area contributed by atoms with E-state index in [1.165, 1.54) is 49.2 Å². The van der Waals surface area contributed by atoms with Crippen molar-refractivity contribution in [2.75, 3.05) is 0 Å². The molecule has 0 radical (unpaired) electrons. The fraction of sp³-hybridized carbons (Fsp3) is 0.0263. The molecule has 1 aliphatic rings. The molecular weight excluding hydrogens is 512 g/mol. The molecule has 9 rings (SSSR count). The minimum Gasteiger partial charge on any atom is -0.344 e. The first kappa shape index (κ1) is 23.1. The first-order valence-electron chi connectivity index (χ1n) is 14.4. The molecule has 0 amide bonds. The van der Waals surface area contributed by atoms with Crippen LogP contribution in [0, 0.1) is 0 Å². The summed E-state index contributed by atoms with van der Waals surface area (Å²) in [5.74, 6) is 0.929. The zero-order chi connectivity index (χ0) is 27.6. The summed E-state index contributed by atoms with van der Waals surface area (Å²) in [6.07, 6.45) is 0.00582. The van der Waals surface area contributed by atoms with Crippen LogP contribution in [0.25, 0.3) is 55.0 Å². The quantitative estimate of drug-likeness (QED) is 0.238. The van der Waals surface area contributed by atoms with Crippen LogP contribution in [0.15, 0.2) is 151 Å². The standard InChI is InChI=1S/C38H26N4/c1-3-12-25(13-4-1)37-39-38(40-37)26-14-11-17-28(22-26)42-34-21-10-8-19-30(34)32-23-31-29-18-7-9-20-33(29)41(35(31)24-36(32)42)27-15-5-2-6-16-27/h1-24,37H,(H,39,40). The number of hydrogen-bond acceptors (Lipinski definition) is 2. The average Bonchev–Trinajstić information content (AvgIpc) is 3.52. The highest BCUT2D eigenvalue weighted by Crippen LogP contribution is 2.39. The second-order valence-electron chi connectivity index (χ2n) is 10.9. The van der Waals surface area contributed by atoms with E-state index < -0.39 is 0 Å². The largest absolute Gasteiger partial charge is 0.344 e. The van der Waals surface area contributed by atoms with Gasteiger partial charge in [-0.25, -0.2) is 4.99 Å². The van der Waals surface area contributed by atoms with E-state index in [9.17, 15) is 0 Å². The summed E-state index contributed by atoms with van der Waals surface area (Å²) >= 11 is 0. The predicted molar refractivity (Wildman–Crippen MR) is 174 cm³/mol. The van der Waals surface area contributed by atoms with Crippen molar-refractivity contribution in [2.45, 2.75) is 6.17 Å². The van der Waals surface area contributed by atoms with Gasteiger partial charge in [-0.05, 0) is 54.1 Å². The molecule has 1 atom stereocenters. The third-order valence-corrected chi connectivity index (χ3v) is 8.51. The molecule has 0 saturated carbocycles. The predicted octanol–water partition coefficient (Wildman–Crippen LogP) is 8.93. The number of aromatic nitrogens is 2. The number of fused-ring (bicyclic) bond motifs is 6. The fourth-order valence-electron chi connectivity index (χ4n) is 6.57. The monoisotopic (exact) mass is 538 g/mol. The molecule has 42 heavy (non-hydrogen) atoms. The molecule has 8 aromatic rings. The molecule has 0 fully saturated rings. The number of nitrogens with zero attached hydrogens (tertiary/aromatic N) is 3. The molecule has 1 aliphatic heterocycles. The minimum absolute atomic E-state index is 0.00582. The van der Waals surface area contributed by atoms with Crippen LogP contribution in [-0.4, -0.2) is 15.0 Å². The van der Waals surface area contributed by atoms with Gasteiger partial charge >= 0.3 is 0 Å². The van der Waals surface area contributed by atoms with Crippen LogP contribution in [-0.2, 0) is 0 Å². The molecule has 1 N–H and O–H groups in total. The first-order chi connectivity index (χ1) is 20.8. The summed E-state index contributed by atoms with van der Waals surface area (Å²) in [5.41, 5.74) is 9.34. The topological polar surface area (TPSA) is 34.2 Å². The third kappa shape index (κ3) is 3.39. The number of aliphatic imine (C=N–C) groups is 1. The summed E-state index contributed by atoms with van der Waals surface area (Å²) in [7, 11) is 0. The number of para-hydroxylation sites is 3. The van der Waals surface area contributed by atoms with Crippen molar-refractivity contribution in [2.24, 2.45) is 4.99 Å². The lowest BCUT2D eigenvalue weighted by Crippen LogP contribution is -2.38. The Balaban J connectivity index is 1.28. The van der Waals surface area contributed by atoms with Crippen molar-refractivity contribution in [3.05, 3.63) is 157 Å². The molecule has 3 heterocycles. The maximum absolute atomic E-state index is 4.91. The van der Waals surface area contributed by atoms with Crippen LogP contribution < -0.4 is 5.32 Å². The van der Waals surface area contributed by atoms with Gasteiger partial charge in [0.25, 0.3) is 0 Å². The Labute approximate surface area is 242 Å². The summed E-state index contributed by atoms with van der Waals surface area (Å²) < 4.78 is 4.79. The van der Waals surface area contributed by atoms with Gasteiger partial charge in [-0.3, -0.25) is 0 Å². The van der Waals surface area contributed by atoms with Gasteiger partial charge < -0.3 is 14.5 Å². The molecule has 0 bridgehead atoms. The van der Waals surface area contributed by atoms with E-state index in [0.29, 0.717) is 0 Å². The minimum atomic E-state index is 0.00582. The van der Waals surface area contributed by atoms with Gasteiger partial charge in [0.1, 0.15) is 12.0 Å². The van der Waals surface area contributed by atoms with Crippen LogP contribution in [0.4, 0.5) is 0 Å². The highest BCUT2D eigenvalue weighted by Gasteiger charge is 2.23. The van der Waals surface area contributed by atoms with E-state index in [0.717, 1.165) is 22.8 Å². The summed E-state index contributed by atoms with van der Waals surface area (Å²) in [6.45, 7) is 0. The van der Waals surface area contributed by atoms with Crippen LogP contribution in [0.5, 0.6) is 0 Å². The molecular formula is C38H26N4. The van der Waals surface area contributed by atoms with E-state index in [4.69, 9.17) is 4.99 Å². The summed E-state index contributed by atoms with van der Waals surface area (Å²) in [4.78, 5) is 4.91. The van der Waals surface area contributed by atoms with Gasteiger partial charge in [0.15, 0.2) is 0 Å². The van der Waals surface area contributed by atoms with E-state index in [1.807, 2.05) is 6.07 Å². The normalized spacial score (nSPS) is 14.8. The lowest BCUT2D eigenvalue weighted by atomic mass is 10.1. The number of rotatable bonds is 4. The van der Waals surface area contributed by atoms with E-state index >= 15 is 0 Å². The Morgan fingerprint density at radius 1 is 0.452 bits per heavy atom. The summed E-state index contributed by atoms with van der Waals surface area (Å²) in [5, 5.41) is 8.59. The van der Waals surface area contributed by atoms with Crippen LogP contribution in [0.1, 0.15) is 17.3 Å². The molecule has 6 aromatic carbocycles. The maximum atomic E-state index is 4.91. The third-order valence-electron chi connectivity index (χ3n) is 8.51. The highest BCUT2D eigenvalue weighted by molar-refractivity contribution is 6.19. The van der Waals surface area contributed by atoms with Gasteiger partial charge in [0.05, 0.1) is 22.1 Å². The molecule has 0 saturated heterocycles. The average molecular weight is 539 g/mol. The van der Waals surface area contributed by atoms with E-state index in [2.05, 4.69) is 154 Å². The second-order valence-corrected chi connectivity index (χ2v) is 10.9. The van der Waals surface area contributed by atoms with E-state index in [-0.39, 0.29) is 6.17 Å². The van der Waals surface area contributed by atoms with Crippen molar-refractivity contribution in [3.8, 4) is 11.4 Å². The van der Waals surface area contributed by atoms with Gasteiger partial charge in [-0.1, -0.05) is 97.1 Å². The zero-order valence-corrected chi connectivity index (χ0v) is 22.8. The Kier molecular flexibility index (Phi) is 4.93. The summed E-state index contributed by atoms with van der Waals surface area (Å²) in [6, 6.07) is 51.9. The van der Waals surface area contributed by atoms with Crippen molar-refractivity contribution in [1.82, 2.24) is 14.5 Å². The Morgan fingerprint density at radius 3 is 1.67 bits per heavy atom. The van der Waals surface area contributed by atoms with E-state index in [1.54, 1.807) is 0 Å². The molecule has 2 aromatic heterocycles. The van der Waals surface area contributed by atoms with Crippen molar-refractivity contribution in [1.29, 1.82) is 0 Å². The van der Waals surface area contributed by atoms with Gasteiger partial charge in [0.2, 0.25) is 0 Å². The van der Waals surface area contributed by atoms with Crippen molar-refractivity contribution >= 4 is 49.4 Å². The molecule has 4 heteroatoms. The van der Waals surface area contributed by atoms with Gasteiger partial charge in [0, 0.05) is 38.5 Å². The molecule has 1 unspecified atom stereocenters. The van der Waals surface area contributed by atoms with Crippen LogP contribution >= 0.6 is 0 Å². The lowest BCUT2D eigenvalue weighted by Gasteiger charge is -2.28. The molecule has 4 nitrogen and oxygen atoms in total. The van der Waals surface area contributed by atoms with Crippen LogP contribution in [0.3, 0.4) is 0 Å². The Morgan fingerprint density at radius 2 is 1.00 bits per heavy atom. The maximum Gasteiger partial charge on any atom is 0.148 e. The number of nitrogens with one attached hydrogen (secondary N) is 1. The fourth-order valence-corrected chi connectivity index (χ4v) is 6.57. The highest BCUT2D eigenvalue weighted by atomic mass is 15.2. The Bertz CT molecular complexity index is 2320. The molecule has 198 valence electrons. The smallest absolute Gasteiger partial charge is 0.148 e. The second kappa shape index (κ2) is 8.95. The molecule has 0 spiro atoms. The van der Waals surface area contributed by atoms with Crippen molar-refractivity contribution in [3.63, 3.8) is 0 Å². The number of benzene rings is 6. The SMILES string of the molecule is c1ccc(C2N=C(c3cccc(-n4c5ccccc5c5cc6c7ccccc7n(-c7ccccc7)c6cc54)c3)N2)cc1. The molecule has 0 aliphatic carbocycles. The van der Waals surface area contributed by atoms with Crippen LogP contribution in [0.2, 0.25) is 0 Å².